The van der Waals surface area contributed by atoms with E-state index in [1.165, 1.54) is 25.7 Å². The molecular weight excluding hydrogens is 426 g/mol. The lowest BCUT2D eigenvalue weighted by Crippen LogP contribution is -2.37. The first-order valence-electron chi connectivity index (χ1n) is 8.57. The molecule has 2 aromatic rings. The number of carboxylic acid groups (broad SMARTS) is 1. The topological polar surface area (TPSA) is 84.9 Å². The summed E-state index contributed by atoms with van der Waals surface area (Å²) in [7, 11) is 1.54. The first-order valence-corrected chi connectivity index (χ1v) is 9.36. The van der Waals surface area contributed by atoms with Crippen LogP contribution in [0.25, 0.3) is 6.08 Å². The van der Waals surface area contributed by atoms with Crippen molar-refractivity contribution in [3.63, 3.8) is 0 Å². The van der Waals surface area contributed by atoms with Crippen LogP contribution in [0.1, 0.15) is 23.6 Å². The van der Waals surface area contributed by atoms with Crippen molar-refractivity contribution in [2.24, 2.45) is 0 Å². The molecule has 0 spiro atoms. The number of hydrogen-bond donors (Lipinski definition) is 2. The number of benzene rings is 2. The van der Waals surface area contributed by atoms with Crippen molar-refractivity contribution in [2.45, 2.75) is 26.5 Å². The van der Waals surface area contributed by atoms with Crippen molar-refractivity contribution in [2.75, 3.05) is 7.11 Å². The van der Waals surface area contributed by atoms with Crippen LogP contribution < -0.4 is 14.8 Å². The molecule has 2 aromatic carbocycles. The first kappa shape index (κ1) is 21.5. The number of rotatable bonds is 8. The van der Waals surface area contributed by atoms with Crippen LogP contribution in [0.2, 0.25) is 0 Å². The molecule has 2 rings (SSSR count). The molecule has 0 aromatic heterocycles. The highest BCUT2D eigenvalue weighted by Gasteiger charge is 2.13. The lowest BCUT2D eigenvalue weighted by Gasteiger charge is -2.14. The Balaban J connectivity index is 2.11. The predicted molar refractivity (Wildman–Crippen MR) is 110 cm³/mol. The minimum absolute atomic E-state index is 0.389. The van der Waals surface area contributed by atoms with E-state index in [9.17, 15) is 9.59 Å². The SMILES string of the molecule is COc1cc(/C=C/C(=O)NC(C)C(=O)O)cc(Br)c1OCc1ccc(C)cc1. The molecule has 0 aliphatic rings. The number of carbonyl (C=O) groups is 2. The van der Waals surface area contributed by atoms with E-state index in [1.54, 1.807) is 18.2 Å². The molecule has 0 saturated heterocycles. The van der Waals surface area contributed by atoms with Crippen LogP contribution in [-0.2, 0) is 16.2 Å². The van der Waals surface area contributed by atoms with E-state index in [0.29, 0.717) is 28.1 Å². The zero-order chi connectivity index (χ0) is 20.7. The van der Waals surface area contributed by atoms with Gasteiger partial charge in [0, 0.05) is 6.08 Å². The van der Waals surface area contributed by atoms with Crippen molar-refractivity contribution in [1.29, 1.82) is 0 Å². The molecule has 0 radical (unpaired) electrons. The monoisotopic (exact) mass is 447 g/mol. The molecule has 148 valence electrons. The molecule has 2 N–H and O–H groups in total. The zero-order valence-corrected chi connectivity index (χ0v) is 17.4. The number of aliphatic carboxylic acids is 1. The summed E-state index contributed by atoms with van der Waals surface area (Å²) in [6.07, 6.45) is 2.84. The largest absolute Gasteiger partial charge is 0.493 e. The first-order chi connectivity index (χ1) is 13.3. The Morgan fingerprint density at radius 1 is 1.25 bits per heavy atom. The number of aryl methyl sites for hydroxylation is 1. The minimum atomic E-state index is -1.10. The highest BCUT2D eigenvalue weighted by Crippen LogP contribution is 2.37. The fraction of sp³-hybridized carbons (Fsp3) is 0.238. The average molecular weight is 448 g/mol. The molecule has 1 unspecified atom stereocenters. The van der Waals surface area contributed by atoms with Gasteiger partial charge in [-0.15, -0.1) is 0 Å². The van der Waals surface area contributed by atoms with E-state index in [1.807, 2.05) is 31.2 Å². The Morgan fingerprint density at radius 3 is 2.54 bits per heavy atom. The molecule has 0 saturated carbocycles. The van der Waals surface area contributed by atoms with Gasteiger partial charge < -0.3 is 19.9 Å². The second-order valence-corrected chi connectivity index (χ2v) is 7.06. The number of carbonyl (C=O) groups excluding carboxylic acids is 1. The Hall–Kier alpha value is -2.80. The summed E-state index contributed by atoms with van der Waals surface area (Å²) in [6.45, 7) is 3.81. The normalized spacial score (nSPS) is 11.9. The van der Waals surface area contributed by atoms with Gasteiger partial charge in [0.05, 0.1) is 11.6 Å². The summed E-state index contributed by atoms with van der Waals surface area (Å²) in [6, 6.07) is 10.6. The number of hydrogen-bond acceptors (Lipinski definition) is 4. The Bertz CT molecular complexity index is 877. The molecular formula is C21H22BrNO5. The third-order valence-electron chi connectivity index (χ3n) is 3.91. The number of carboxylic acids is 1. The zero-order valence-electron chi connectivity index (χ0n) is 15.9. The lowest BCUT2D eigenvalue weighted by molar-refractivity contribution is -0.140. The van der Waals surface area contributed by atoms with E-state index < -0.39 is 17.9 Å². The lowest BCUT2D eigenvalue weighted by atomic mass is 10.1. The van der Waals surface area contributed by atoms with Crippen LogP contribution in [0.15, 0.2) is 46.9 Å². The summed E-state index contributed by atoms with van der Waals surface area (Å²) in [4.78, 5) is 22.6. The third-order valence-corrected chi connectivity index (χ3v) is 4.50. The summed E-state index contributed by atoms with van der Waals surface area (Å²) < 4.78 is 12.0. The fourth-order valence-corrected chi connectivity index (χ4v) is 2.89. The summed E-state index contributed by atoms with van der Waals surface area (Å²) >= 11 is 3.47. The molecule has 0 bridgehead atoms. The van der Waals surface area contributed by atoms with Gasteiger partial charge in [0.2, 0.25) is 5.91 Å². The van der Waals surface area contributed by atoms with E-state index >= 15 is 0 Å². The second kappa shape index (κ2) is 9.94. The molecule has 1 atom stereocenters. The highest BCUT2D eigenvalue weighted by molar-refractivity contribution is 9.10. The number of methoxy groups -OCH3 is 1. The van der Waals surface area contributed by atoms with Crippen molar-refractivity contribution < 1.29 is 24.2 Å². The van der Waals surface area contributed by atoms with Crippen LogP contribution >= 0.6 is 15.9 Å². The number of amides is 1. The maximum atomic E-state index is 11.8. The second-order valence-electron chi connectivity index (χ2n) is 6.21. The molecule has 28 heavy (non-hydrogen) atoms. The maximum Gasteiger partial charge on any atom is 0.325 e. The molecule has 0 fully saturated rings. The van der Waals surface area contributed by atoms with Crippen LogP contribution in [0.3, 0.4) is 0 Å². The van der Waals surface area contributed by atoms with Gasteiger partial charge in [-0.05, 0) is 59.1 Å². The Kier molecular flexibility index (Phi) is 7.63. The maximum absolute atomic E-state index is 11.8. The standard InChI is InChI=1S/C21H22BrNO5/c1-13-4-6-15(7-5-13)12-28-20-17(22)10-16(11-18(20)27-3)8-9-19(24)23-14(2)21(25)26/h4-11,14H,12H2,1-3H3,(H,23,24)(H,25,26)/b9-8+. The van der Waals surface area contributed by atoms with Crippen molar-refractivity contribution >= 4 is 33.9 Å². The summed E-state index contributed by atoms with van der Waals surface area (Å²) in [5.41, 5.74) is 2.91. The Morgan fingerprint density at radius 2 is 1.93 bits per heavy atom. The van der Waals surface area contributed by atoms with Crippen molar-refractivity contribution in [3.05, 3.63) is 63.6 Å². The number of ether oxygens (including phenoxy) is 2. The minimum Gasteiger partial charge on any atom is -0.493 e. The van der Waals surface area contributed by atoms with Crippen LogP contribution in [-0.4, -0.2) is 30.1 Å². The van der Waals surface area contributed by atoms with E-state index in [4.69, 9.17) is 14.6 Å². The quantitative estimate of drug-likeness (QED) is 0.598. The molecule has 0 heterocycles. The molecule has 6 nitrogen and oxygen atoms in total. The van der Waals surface area contributed by atoms with Crippen LogP contribution in [0, 0.1) is 6.92 Å². The summed E-state index contributed by atoms with van der Waals surface area (Å²) in [5.74, 6) is -0.518. The predicted octanol–water partition coefficient (Wildman–Crippen LogP) is 3.95. The van der Waals surface area contributed by atoms with Crippen molar-refractivity contribution in [1.82, 2.24) is 5.32 Å². The molecule has 1 amide bonds. The van der Waals surface area contributed by atoms with Gasteiger partial charge >= 0.3 is 5.97 Å². The van der Waals surface area contributed by atoms with Gasteiger partial charge in [-0.25, -0.2) is 0 Å². The van der Waals surface area contributed by atoms with Gasteiger partial charge in [0.1, 0.15) is 12.6 Å². The number of nitrogens with one attached hydrogen (secondary N) is 1. The van der Waals surface area contributed by atoms with Crippen LogP contribution in [0.5, 0.6) is 11.5 Å². The summed E-state index contributed by atoms with van der Waals surface area (Å²) in [5, 5.41) is 11.2. The van der Waals surface area contributed by atoms with Crippen molar-refractivity contribution in [3.8, 4) is 11.5 Å². The fourth-order valence-electron chi connectivity index (χ4n) is 2.31. The van der Waals surface area contributed by atoms with Gasteiger partial charge in [-0.3, -0.25) is 9.59 Å². The van der Waals surface area contributed by atoms with Gasteiger partial charge in [0.15, 0.2) is 11.5 Å². The number of halogens is 1. The van der Waals surface area contributed by atoms with Gasteiger partial charge in [-0.1, -0.05) is 29.8 Å². The third kappa shape index (κ3) is 6.13. The van der Waals surface area contributed by atoms with Gasteiger partial charge in [-0.2, -0.15) is 0 Å². The van der Waals surface area contributed by atoms with E-state index in [-0.39, 0.29) is 0 Å². The van der Waals surface area contributed by atoms with Crippen LogP contribution in [0.4, 0.5) is 0 Å². The Labute approximate surface area is 172 Å². The van der Waals surface area contributed by atoms with E-state index in [2.05, 4.69) is 21.2 Å². The molecule has 7 heteroatoms. The highest BCUT2D eigenvalue weighted by atomic mass is 79.9. The van der Waals surface area contributed by atoms with Gasteiger partial charge in [0.25, 0.3) is 0 Å². The smallest absolute Gasteiger partial charge is 0.325 e. The van der Waals surface area contributed by atoms with E-state index in [0.717, 1.165) is 5.56 Å². The molecule has 0 aliphatic heterocycles. The molecule has 0 aliphatic carbocycles. The average Bonchev–Trinajstić information content (AvgIpc) is 2.66.